The summed E-state index contributed by atoms with van der Waals surface area (Å²) in [6, 6.07) is 3.29. The molecular formula is C35H42O6. The highest BCUT2D eigenvalue weighted by atomic mass is 16.5. The second kappa shape index (κ2) is 12.6. The van der Waals surface area contributed by atoms with Crippen molar-refractivity contribution in [2.45, 2.75) is 80.1 Å². The van der Waals surface area contributed by atoms with Crippen LogP contribution in [0.5, 0.6) is 23.0 Å². The lowest BCUT2D eigenvalue weighted by Gasteiger charge is -2.24. The zero-order chi connectivity index (χ0) is 30.8. The van der Waals surface area contributed by atoms with Crippen molar-refractivity contribution in [3.8, 4) is 23.0 Å². The van der Waals surface area contributed by atoms with Crippen LogP contribution in [0.3, 0.4) is 0 Å². The van der Waals surface area contributed by atoms with E-state index in [2.05, 4.69) is 0 Å². The summed E-state index contributed by atoms with van der Waals surface area (Å²) < 4.78 is 5.58. The lowest BCUT2D eigenvalue weighted by Crippen LogP contribution is -2.07. The third-order valence-corrected chi connectivity index (χ3v) is 7.43. The van der Waals surface area contributed by atoms with Gasteiger partial charge in [0.25, 0.3) is 0 Å². The predicted molar refractivity (Wildman–Crippen MR) is 168 cm³/mol. The van der Waals surface area contributed by atoms with E-state index in [9.17, 15) is 24.9 Å². The van der Waals surface area contributed by atoms with Gasteiger partial charge in [-0.15, -0.1) is 0 Å². The Hall–Kier alpha value is -4.06. The van der Waals surface area contributed by atoms with Crippen LogP contribution in [0.2, 0.25) is 0 Å². The first-order valence-electron chi connectivity index (χ1n) is 14.1. The standard InChI is InChI=1S/C35H42O6/c1-10-11-22(31-25(12-18(2)3)30(20(6)7)34(40)35(41-9)27(31)17-37)14-24-21(8)13-26-29(19(4)5)28(38)15-23(16-36)32(26)33(24)39/h12-17,19-20,38-40H,10-11H2,1-9H3/b22-14+. The number of hydrogen-bond acceptors (Lipinski definition) is 6. The number of phenolic OH excluding ortho intramolecular Hbond substituents is 3. The number of fused-ring (bicyclic) bond motifs is 1. The molecule has 6 nitrogen and oxygen atoms in total. The summed E-state index contributed by atoms with van der Waals surface area (Å²) in [6.07, 6.45) is 6.50. The number of carbonyl (C=O) groups is 2. The summed E-state index contributed by atoms with van der Waals surface area (Å²) in [7, 11) is 1.43. The fraction of sp³-hybridized carbons (Fsp3) is 0.371. The number of aldehydes is 2. The summed E-state index contributed by atoms with van der Waals surface area (Å²) >= 11 is 0. The second-order valence-corrected chi connectivity index (χ2v) is 11.5. The molecule has 3 rings (SSSR count). The number of hydrogen-bond donors (Lipinski definition) is 3. The topological polar surface area (TPSA) is 104 Å². The maximum atomic E-state index is 12.6. The number of rotatable bonds is 10. The van der Waals surface area contributed by atoms with Crippen LogP contribution in [0.25, 0.3) is 28.5 Å². The van der Waals surface area contributed by atoms with E-state index in [1.54, 1.807) is 0 Å². The Labute approximate surface area is 243 Å². The fourth-order valence-corrected chi connectivity index (χ4v) is 5.81. The zero-order valence-corrected chi connectivity index (χ0v) is 25.6. The number of ether oxygens (including phenoxy) is 1. The molecule has 3 aromatic carbocycles. The first-order valence-corrected chi connectivity index (χ1v) is 14.1. The first kappa shape index (κ1) is 31.5. The van der Waals surface area contributed by atoms with E-state index >= 15 is 0 Å². The number of phenols is 3. The smallest absolute Gasteiger partial charge is 0.171 e. The molecule has 0 saturated carbocycles. The Morgan fingerprint density at radius 1 is 0.878 bits per heavy atom. The van der Waals surface area contributed by atoms with E-state index in [4.69, 9.17) is 4.74 Å². The van der Waals surface area contributed by atoms with E-state index in [-0.39, 0.29) is 46.0 Å². The number of benzene rings is 3. The molecule has 0 fully saturated rings. The molecule has 0 heterocycles. The highest BCUT2D eigenvalue weighted by Gasteiger charge is 2.27. The molecule has 0 saturated heterocycles. The van der Waals surface area contributed by atoms with Crippen LogP contribution in [0.1, 0.15) is 127 Å². The van der Waals surface area contributed by atoms with Gasteiger partial charge in [-0.2, -0.15) is 0 Å². The normalized spacial score (nSPS) is 11.8. The van der Waals surface area contributed by atoms with Gasteiger partial charge < -0.3 is 20.1 Å². The molecule has 218 valence electrons. The van der Waals surface area contributed by atoms with E-state index < -0.39 is 0 Å². The van der Waals surface area contributed by atoms with Crippen LogP contribution in [0.4, 0.5) is 0 Å². The van der Waals surface area contributed by atoms with Crippen molar-refractivity contribution in [1.82, 2.24) is 0 Å². The summed E-state index contributed by atoms with van der Waals surface area (Å²) in [4.78, 5) is 24.7. The molecule has 0 amide bonds. The molecule has 0 aliphatic heterocycles. The van der Waals surface area contributed by atoms with Crippen molar-refractivity contribution in [3.05, 3.63) is 62.2 Å². The summed E-state index contributed by atoms with van der Waals surface area (Å²) in [5.41, 5.74) is 6.18. The zero-order valence-electron chi connectivity index (χ0n) is 25.6. The number of methoxy groups -OCH3 is 1. The van der Waals surface area contributed by atoms with E-state index in [0.29, 0.717) is 52.0 Å². The Bertz CT molecular complexity index is 1570. The van der Waals surface area contributed by atoms with Crippen molar-refractivity contribution in [3.63, 3.8) is 0 Å². The van der Waals surface area contributed by atoms with Gasteiger partial charge in [-0.25, -0.2) is 0 Å². The van der Waals surface area contributed by atoms with Gasteiger partial charge in [0, 0.05) is 27.6 Å². The van der Waals surface area contributed by atoms with Crippen molar-refractivity contribution in [2.24, 2.45) is 0 Å². The van der Waals surface area contributed by atoms with Gasteiger partial charge in [0.1, 0.15) is 11.5 Å². The number of aromatic hydroxyl groups is 3. The minimum absolute atomic E-state index is 0.0164. The molecule has 0 spiro atoms. The Morgan fingerprint density at radius 2 is 1.51 bits per heavy atom. The average Bonchev–Trinajstić information content (AvgIpc) is 2.88. The van der Waals surface area contributed by atoms with E-state index in [0.717, 1.165) is 28.7 Å². The molecule has 0 aliphatic rings. The molecular weight excluding hydrogens is 516 g/mol. The Morgan fingerprint density at radius 3 is 2.00 bits per heavy atom. The van der Waals surface area contributed by atoms with Gasteiger partial charge in [-0.3, -0.25) is 9.59 Å². The molecule has 3 N–H and O–H groups in total. The third kappa shape index (κ3) is 5.74. The van der Waals surface area contributed by atoms with Gasteiger partial charge >= 0.3 is 0 Å². The van der Waals surface area contributed by atoms with E-state index in [1.165, 1.54) is 13.2 Å². The highest BCUT2D eigenvalue weighted by Crippen LogP contribution is 2.48. The molecule has 0 aliphatic carbocycles. The van der Waals surface area contributed by atoms with Crippen LogP contribution < -0.4 is 4.74 Å². The lowest BCUT2D eigenvalue weighted by molar-refractivity contribution is 0.111. The number of carbonyl (C=O) groups excluding carboxylic acids is 2. The lowest BCUT2D eigenvalue weighted by atomic mass is 9.82. The van der Waals surface area contributed by atoms with Crippen LogP contribution in [-0.2, 0) is 0 Å². The Balaban J connectivity index is 2.59. The SMILES string of the molecule is CCC/C(=C\c1c(C)cc2c(C(C)C)c(O)cc(C=O)c2c1O)c1c(C=O)c(OC)c(O)c(C(C)C)c1C=C(C)C. The minimum atomic E-state index is -0.0788. The van der Waals surface area contributed by atoms with Crippen molar-refractivity contribution in [1.29, 1.82) is 0 Å². The predicted octanol–water partition coefficient (Wildman–Crippen LogP) is 8.91. The van der Waals surface area contributed by atoms with Crippen molar-refractivity contribution >= 4 is 41.1 Å². The molecule has 0 radical (unpaired) electrons. The van der Waals surface area contributed by atoms with Crippen LogP contribution in [0, 0.1) is 6.92 Å². The molecule has 6 heteroatoms. The van der Waals surface area contributed by atoms with Gasteiger partial charge in [0.05, 0.1) is 12.7 Å². The number of aryl methyl sites for hydroxylation is 1. The molecule has 0 atom stereocenters. The Kier molecular flexibility index (Phi) is 9.69. The maximum absolute atomic E-state index is 12.6. The summed E-state index contributed by atoms with van der Waals surface area (Å²) in [5, 5.41) is 34.6. The van der Waals surface area contributed by atoms with Crippen molar-refractivity contribution < 1.29 is 29.6 Å². The third-order valence-electron chi connectivity index (χ3n) is 7.43. The quantitative estimate of drug-likeness (QED) is 0.170. The number of allylic oxidation sites excluding steroid dienone is 2. The average molecular weight is 559 g/mol. The van der Waals surface area contributed by atoms with Gasteiger partial charge in [-0.05, 0) is 78.8 Å². The van der Waals surface area contributed by atoms with Crippen LogP contribution >= 0.6 is 0 Å². The second-order valence-electron chi connectivity index (χ2n) is 11.5. The van der Waals surface area contributed by atoms with Crippen LogP contribution in [0.15, 0.2) is 17.7 Å². The molecule has 0 aromatic heterocycles. The molecule has 0 unspecified atom stereocenters. The highest BCUT2D eigenvalue weighted by molar-refractivity contribution is 6.08. The molecule has 41 heavy (non-hydrogen) atoms. The minimum Gasteiger partial charge on any atom is -0.508 e. The van der Waals surface area contributed by atoms with Gasteiger partial charge in [0.2, 0.25) is 0 Å². The van der Waals surface area contributed by atoms with Crippen molar-refractivity contribution in [2.75, 3.05) is 7.11 Å². The molecule has 3 aromatic rings. The summed E-state index contributed by atoms with van der Waals surface area (Å²) in [5.74, 6) is -0.115. The maximum Gasteiger partial charge on any atom is 0.171 e. The van der Waals surface area contributed by atoms with Crippen LogP contribution in [-0.4, -0.2) is 35.0 Å². The van der Waals surface area contributed by atoms with Gasteiger partial charge in [0.15, 0.2) is 24.1 Å². The largest absolute Gasteiger partial charge is 0.508 e. The molecule has 0 bridgehead atoms. The monoisotopic (exact) mass is 558 g/mol. The van der Waals surface area contributed by atoms with Gasteiger partial charge in [-0.1, -0.05) is 58.8 Å². The van der Waals surface area contributed by atoms with E-state index in [1.807, 2.05) is 73.6 Å². The first-order chi connectivity index (χ1) is 19.3. The fourth-order valence-electron chi connectivity index (χ4n) is 5.81. The summed E-state index contributed by atoms with van der Waals surface area (Å²) in [6.45, 7) is 15.7.